The number of esters is 1. The van der Waals surface area contributed by atoms with Crippen LogP contribution in [0, 0.1) is 0 Å². The molecule has 0 aliphatic carbocycles. The molecule has 3 heterocycles. The van der Waals surface area contributed by atoms with Gasteiger partial charge in [-0.1, -0.05) is 24.3 Å². The van der Waals surface area contributed by atoms with Crippen molar-refractivity contribution in [3.63, 3.8) is 0 Å². The number of anilines is 1. The van der Waals surface area contributed by atoms with Gasteiger partial charge in [-0.2, -0.15) is 4.31 Å². The van der Waals surface area contributed by atoms with Crippen molar-refractivity contribution < 1.29 is 32.0 Å². The van der Waals surface area contributed by atoms with Crippen LogP contribution in [0.4, 0.5) is 5.69 Å². The minimum Gasteiger partial charge on any atom is -0.459 e. The molecule has 11 nitrogen and oxygen atoms in total. The van der Waals surface area contributed by atoms with Crippen molar-refractivity contribution in [2.24, 2.45) is 0 Å². The molecule has 5 rings (SSSR count). The highest BCUT2D eigenvalue weighted by atomic mass is 32.2. The van der Waals surface area contributed by atoms with E-state index < -0.39 is 28.5 Å². The quantitative estimate of drug-likeness (QED) is 0.398. The van der Waals surface area contributed by atoms with E-state index in [2.05, 4.69) is 4.90 Å². The van der Waals surface area contributed by atoms with Gasteiger partial charge in [0.2, 0.25) is 10.0 Å². The van der Waals surface area contributed by atoms with Gasteiger partial charge in [0.05, 0.1) is 16.7 Å². The fraction of sp³-hybridized carbons (Fsp3) is 0.321. The molecular weight excluding hydrogens is 536 g/mol. The van der Waals surface area contributed by atoms with Crippen molar-refractivity contribution >= 4 is 33.5 Å². The fourth-order valence-corrected chi connectivity index (χ4v) is 6.24. The third-order valence-electron chi connectivity index (χ3n) is 7.05. The average molecular weight is 567 g/mol. The van der Waals surface area contributed by atoms with Gasteiger partial charge in [0, 0.05) is 58.0 Å². The zero-order chi connectivity index (χ0) is 28.1. The summed E-state index contributed by atoms with van der Waals surface area (Å²) in [6.45, 7) is 2.53. The summed E-state index contributed by atoms with van der Waals surface area (Å²) < 4.78 is 38.3. The first kappa shape index (κ1) is 27.4. The van der Waals surface area contributed by atoms with E-state index in [0.717, 1.165) is 5.69 Å². The highest BCUT2D eigenvalue weighted by molar-refractivity contribution is 7.89. The first-order valence-corrected chi connectivity index (χ1v) is 14.4. The molecule has 0 bridgehead atoms. The Hall–Kier alpha value is -4.16. The van der Waals surface area contributed by atoms with Crippen LogP contribution in [-0.4, -0.2) is 99.3 Å². The maximum atomic E-state index is 13.3. The van der Waals surface area contributed by atoms with Crippen molar-refractivity contribution in [1.82, 2.24) is 14.1 Å². The third kappa shape index (κ3) is 6.02. The summed E-state index contributed by atoms with van der Waals surface area (Å²) in [7, 11) is -3.82. The Morgan fingerprint density at radius 1 is 0.775 bits per heavy atom. The average Bonchev–Trinajstić information content (AvgIpc) is 3.55. The van der Waals surface area contributed by atoms with Crippen LogP contribution < -0.4 is 4.90 Å². The molecule has 2 saturated heterocycles. The van der Waals surface area contributed by atoms with Crippen LogP contribution in [0.3, 0.4) is 0 Å². The van der Waals surface area contributed by atoms with E-state index in [1.165, 1.54) is 39.7 Å². The second kappa shape index (κ2) is 11.9. The van der Waals surface area contributed by atoms with Gasteiger partial charge in [0.25, 0.3) is 11.8 Å². The van der Waals surface area contributed by atoms with Gasteiger partial charge in [0.1, 0.15) is 0 Å². The van der Waals surface area contributed by atoms with Crippen LogP contribution >= 0.6 is 0 Å². The summed E-state index contributed by atoms with van der Waals surface area (Å²) in [5.41, 5.74) is 1.09. The van der Waals surface area contributed by atoms with Crippen molar-refractivity contribution in [3.8, 4) is 0 Å². The molecule has 0 radical (unpaired) electrons. The van der Waals surface area contributed by atoms with Crippen LogP contribution in [0.2, 0.25) is 0 Å². The number of rotatable bonds is 7. The summed E-state index contributed by atoms with van der Waals surface area (Å²) in [5, 5.41) is 0. The molecule has 1 aromatic heterocycles. The van der Waals surface area contributed by atoms with Crippen molar-refractivity contribution in [3.05, 3.63) is 84.3 Å². The Kier molecular flexibility index (Phi) is 8.17. The van der Waals surface area contributed by atoms with Crippen molar-refractivity contribution in [2.45, 2.75) is 4.90 Å². The molecule has 12 heteroatoms. The highest BCUT2D eigenvalue weighted by Crippen LogP contribution is 2.22. The van der Waals surface area contributed by atoms with E-state index in [1.54, 1.807) is 17.0 Å². The first-order valence-electron chi connectivity index (χ1n) is 13.0. The second-order valence-corrected chi connectivity index (χ2v) is 11.4. The lowest BCUT2D eigenvalue weighted by molar-refractivity contribution is -0.136. The van der Waals surface area contributed by atoms with Gasteiger partial charge in [-0.15, -0.1) is 0 Å². The standard InChI is InChI=1S/C28H30N4O7S/c33-26(30-11-13-31(14-12-30)27(34)25-10-5-19-38-25)21-39-28(35)22-6-4-9-24(20-22)40(36,37)32-17-15-29(16-18-32)23-7-2-1-3-8-23/h1-10,19-20H,11-18,21H2. The number of hydrogen-bond acceptors (Lipinski definition) is 8. The van der Waals surface area contributed by atoms with Crippen molar-refractivity contribution in [2.75, 3.05) is 63.9 Å². The zero-order valence-electron chi connectivity index (χ0n) is 21.8. The van der Waals surface area contributed by atoms with Crippen LogP contribution in [-0.2, 0) is 19.6 Å². The smallest absolute Gasteiger partial charge is 0.338 e. The lowest BCUT2D eigenvalue weighted by Crippen LogP contribution is -2.51. The molecule has 210 valence electrons. The fourth-order valence-electron chi connectivity index (χ4n) is 4.77. The van der Waals surface area contributed by atoms with Crippen LogP contribution in [0.25, 0.3) is 0 Å². The maximum absolute atomic E-state index is 13.3. The van der Waals surface area contributed by atoms with E-state index in [0.29, 0.717) is 52.4 Å². The molecule has 3 aromatic rings. The molecule has 0 N–H and O–H groups in total. The number of carbonyl (C=O) groups is 3. The number of furan rings is 1. The molecule has 0 spiro atoms. The van der Waals surface area contributed by atoms with Crippen molar-refractivity contribution in [1.29, 1.82) is 0 Å². The topological polar surface area (TPSA) is 121 Å². The van der Waals surface area contributed by atoms with E-state index in [1.807, 2.05) is 30.3 Å². The Labute approximate surface area is 232 Å². The normalized spacial score (nSPS) is 16.6. The highest BCUT2D eigenvalue weighted by Gasteiger charge is 2.30. The number of benzene rings is 2. The number of carbonyl (C=O) groups excluding carboxylic acids is 3. The molecule has 2 amide bonds. The summed E-state index contributed by atoms with van der Waals surface area (Å²) in [4.78, 5) is 43.0. The zero-order valence-corrected chi connectivity index (χ0v) is 22.7. The van der Waals surface area contributed by atoms with Gasteiger partial charge in [-0.3, -0.25) is 9.59 Å². The summed E-state index contributed by atoms with van der Waals surface area (Å²) in [6, 6.07) is 18.7. The predicted molar refractivity (Wildman–Crippen MR) is 145 cm³/mol. The van der Waals surface area contributed by atoms with E-state index in [4.69, 9.17) is 9.15 Å². The lowest BCUT2D eigenvalue weighted by Gasteiger charge is -2.35. The van der Waals surface area contributed by atoms with Gasteiger partial charge in [-0.25, -0.2) is 13.2 Å². The molecule has 2 fully saturated rings. The number of ether oxygens (including phenoxy) is 1. The number of nitrogens with zero attached hydrogens (tertiary/aromatic N) is 4. The largest absolute Gasteiger partial charge is 0.459 e. The molecule has 2 aliphatic rings. The number of para-hydroxylation sites is 1. The van der Waals surface area contributed by atoms with Gasteiger partial charge in [0.15, 0.2) is 12.4 Å². The summed E-state index contributed by atoms with van der Waals surface area (Å²) in [5.74, 6) is -1.17. The molecular formula is C28H30N4O7S. The van der Waals surface area contributed by atoms with E-state index >= 15 is 0 Å². The van der Waals surface area contributed by atoms with Crippen LogP contribution in [0.1, 0.15) is 20.9 Å². The Balaban J connectivity index is 1.13. The predicted octanol–water partition coefficient (Wildman–Crippen LogP) is 1.93. The maximum Gasteiger partial charge on any atom is 0.338 e. The first-order chi connectivity index (χ1) is 19.3. The third-order valence-corrected chi connectivity index (χ3v) is 8.94. The SMILES string of the molecule is O=C(OCC(=O)N1CCN(C(=O)c2ccco2)CC1)c1cccc(S(=O)(=O)N2CCN(c3ccccc3)CC2)c1. The number of piperazine rings is 2. The second-order valence-electron chi connectivity index (χ2n) is 9.48. The minimum atomic E-state index is -3.82. The summed E-state index contributed by atoms with van der Waals surface area (Å²) in [6.07, 6.45) is 1.43. The molecule has 2 aromatic carbocycles. The number of amides is 2. The van der Waals surface area contributed by atoms with E-state index in [9.17, 15) is 22.8 Å². The van der Waals surface area contributed by atoms with Gasteiger partial charge in [-0.05, 0) is 42.5 Å². The van der Waals surface area contributed by atoms with Crippen LogP contribution in [0.5, 0.6) is 0 Å². The summed E-state index contributed by atoms with van der Waals surface area (Å²) >= 11 is 0. The number of sulfonamides is 1. The van der Waals surface area contributed by atoms with Gasteiger partial charge >= 0.3 is 5.97 Å². The Morgan fingerprint density at radius 2 is 1.48 bits per heavy atom. The molecule has 0 atom stereocenters. The van der Waals surface area contributed by atoms with Crippen LogP contribution in [0.15, 0.2) is 82.3 Å². The minimum absolute atomic E-state index is 0.00113. The Bertz CT molecular complexity index is 1440. The number of hydrogen-bond donors (Lipinski definition) is 0. The monoisotopic (exact) mass is 566 g/mol. The van der Waals surface area contributed by atoms with Gasteiger partial charge < -0.3 is 23.9 Å². The lowest BCUT2D eigenvalue weighted by atomic mass is 10.2. The molecule has 0 unspecified atom stereocenters. The molecule has 2 aliphatic heterocycles. The van der Waals surface area contributed by atoms with E-state index in [-0.39, 0.29) is 22.1 Å². The molecule has 0 saturated carbocycles. The molecule has 40 heavy (non-hydrogen) atoms. The Morgan fingerprint density at radius 3 is 2.15 bits per heavy atom.